The van der Waals surface area contributed by atoms with Gasteiger partial charge in [0.05, 0.1) is 6.04 Å². The predicted molar refractivity (Wildman–Crippen MR) is 95.8 cm³/mol. The SMILES string of the molecule is CC(C)(C)Cn1c(CN2CCC(N=O)CC2)cc2cnc(C#N)nc21. The van der Waals surface area contributed by atoms with E-state index < -0.39 is 0 Å². The van der Waals surface area contributed by atoms with Crippen molar-refractivity contribution in [2.75, 3.05) is 13.1 Å². The molecule has 132 valence electrons. The fraction of sp³-hybridized carbons (Fsp3) is 0.611. The third-order valence-electron chi connectivity index (χ3n) is 4.54. The zero-order chi connectivity index (χ0) is 18.0. The van der Waals surface area contributed by atoms with Crippen molar-refractivity contribution in [1.82, 2.24) is 19.4 Å². The number of piperidine rings is 1. The van der Waals surface area contributed by atoms with E-state index in [1.807, 2.05) is 6.07 Å². The van der Waals surface area contributed by atoms with Gasteiger partial charge in [-0.3, -0.25) is 4.90 Å². The molecule has 1 fully saturated rings. The van der Waals surface area contributed by atoms with E-state index in [0.717, 1.165) is 50.1 Å². The van der Waals surface area contributed by atoms with Crippen LogP contribution in [0.15, 0.2) is 17.4 Å². The molecule has 0 radical (unpaired) electrons. The van der Waals surface area contributed by atoms with Crippen LogP contribution in [-0.2, 0) is 13.1 Å². The number of hydrogen-bond acceptors (Lipinski definition) is 6. The fourth-order valence-electron chi connectivity index (χ4n) is 3.34. The fourth-order valence-corrected chi connectivity index (χ4v) is 3.34. The first-order valence-electron chi connectivity index (χ1n) is 8.70. The Labute approximate surface area is 147 Å². The van der Waals surface area contributed by atoms with E-state index in [1.54, 1.807) is 6.20 Å². The summed E-state index contributed by atoms with van der Waals surface area (Å²) >= 11 is 0. The molecular weight excluding hydrogens is 316 g/mol. The van der Waals surface area contributed by atoms with Crippen molar-refractivity contribution in [2.24, 2.45) is 10.6 Å². The number of nitroso groups, excluding NO2 is 1. The molecule has 0 N–H and O–H groups in total. The van der Waals surface area contributed by atoms with Crippen LogP contribution in [0.3, 0.4) is 0 Å². The highest BCUT2D eigenvalue weighted by Gasteiger charge is 2.23. The lowest BCUT2D eigenvalue weighted by Crippen LogP contribution is -2.35. The molecule has 1 aliphatic rings. The van der Waals surface area contributed by atoms with Gasteiger partial charge in [0.2, 0.25) is 5.82 Å². The number of nitriles is 1. The van der Waals surface area contributed by atoms with Crippen molar-refractivity contribution >= 4 is 11.0 Å². The predicted octanol–water partition coefficient (Wildman–Crippen LogP) is 3.08. The highest BCUT2D eigenvalue weighted by molar-refractivity contribution is 5.77. The molecular formula is C18H24N6O. The third kappa shape index (κ3) is 4.02. The van der Waals surface area contributed by atoms with Crippen LogP contribution in [0.4, 0.5) is 0 Å². The lowest BCUT2D eigenvalue weighted by atomic mass is 9.97. The number of fused-ring (bicyclic) bond motifs is 1. The second kappa shape index (κ2) is 6.89. The number of rotatable bonds is 4. The molecule has 25 heavy (non-hydrogen) atoms. The first-order valence-corrected chi connectivity index (χ1v) is 8.70. The molecule has 7 heteroatoms. The molecule has 1 saturated heterocycles. The van der Waals surface area contributed by atoms with Gasteiger partial charge in [0.1, 0.15) is 11.7 Å². The van der Waals surface area contributed by atoms with Gasteiger partial charge in [-0.1, -0.05) is 25.9 Å². The van der Waals surface area contributed by atoms with Gasteiger partial charge in [-0.15, -0.1) is 0 Å². The number of nitrogens with zero attached hydrogens (tertiary/aromatic N) is 6. The van der Waals surface area contributed by atoms with E-state index >= 15 is 0 Å². The molecule has 0 atom stereocenters. The lowest BCUT2D eigenvalue weighted by Gasteiger charge is -2.30. The molecule has 0 amide bonds. The van der Waals surface area contributed by atoms with E-state index in [1.165, 1.54) is 5.69 Å². The molecule has 1 aliphatic heterocycles. The molecule has 7 nitrogen and oxygen atoms in total. The second-order valence-electron chi connectivity index (χ2n) is 7.98. The van der Waals surface area contributed by atoms with Crippen LogP contribution in [0.25, 0.3) is 11.0 Å². The number of aromatic nitrogens is 3. The van der Waals surface area contributed by atoms with Gasteiger partial charge >= 0.3 is 0 Å². The summed E-state index contributed by atoms with van der Waals surface area (Å²) < 4.78 is 2.21. The van der Waals surface area contributed by atoms with Crippen molar-refractivity contribution in [3.05, 3.63) is 28.7 Å². The summed E-state index contributed by atoms with van der Waals surface area (Å²) in [7, 11) is 0. The van der Waals surface area contributed by atoms with Crippen molar-refractivity contribution in [1.29, 1.82) is 5.26 Å². The monoisotopic (exact) mass is 340 g/mol. The molecule has 0 aromatic carbocycles. The Morgan fingerprint density at radius 1 is 1.36 bits per heavy atom. The highest BCUT2D eigenvalue weighted by atomic mass is 16.3. The Hall–Kier alpha value is -2.33. The van der Waals surface area contributed by atoms with Crippen molar-refractivity contribution in [3.8, 4) is 6.07 Å². The average molecular weight is 340 g/mol. The Balaban J connectivity index is 1.92. The standard InChI is InChI=1S/C18H24N6O/c1-18(2,3)12-24-15(11-23-6-4-14(22-25)5-7-23)8-13-10-20-16(9-19)21-17(13)24/h8,10,14H,4-7,11-12H2,1-3H3. The van der Waals surface area contributed by atoms with Crippen LogP contribution >= 0.6 is 0 Å². The van der Waals surface area contributed by atoms with Crippen LogP contribution in [0.1, 0.15) is 45.1 Å². The molecule has 3 rings (SSSR count). The van der Waals surface area contributed by atoms with Gasteiger partial charge in [0, 0.05) is 43.5 Å². The van der Waals surface area contributed by atoms with Crippen molar-refractivity contribution in [2.45, 2.75) is 52.7 Å². The van der Waals surface area contributed by atoms with Crippen molar-refractivity contribution in [3.63, 3.8) is 0 Å². The van der Waals surface area contributed by atoms with Crippen LogP contribution in [0.2, 0.25) is 0 Å². The van der Waals surface area contributed by atoms with Gasteiger partial charge in [0.15, 0.2) is 0 Å². The summed E-state index contributed by atoms with van der Waals surface area (Å²) in [6.07, 6.45) is 3.37. The summed E-state index contributed by atoms with van der Waals surface area (Å²) in [4.78, 5) is 21.6. The largest absolute Gasteiger partial charge is 0.328 e. The maximum Gasteiger partial charge on any atom is 0.234 e. The van der Waals surface area contributed by atoms with Gasteiger partial charge in [-0.2, -0.15) is 10.2 Å². The minimum Gasteiger partial charge on any atom is -0.328 e. The molecule has 0 unspecified atom stereocenters. The van der Waals surface area contributed by atoms with Crippen LogP contribution < -0.4 is 0 Å². The summed E-state index contributed by atoms with van der Waals surface area (Å²) in [5, 5.41) is 13.2. The van der Waals surface area contributed by atoms with E-state index in [-0.39, 0.29) is 17.3 Å². The van der Waals surface area contributed by atoms with Gasteiger partial charge in [-0.25, -0.2) is 9.97 Å². The minimum atomic E-state index is -0.0410. The summed E-state index contributed by atoms with van der Waals surface area (Å²) in [6.45, 7) is 9.95. The minimum absolute atomic E-state index is 0.0410. The molecule has 3 heterocycles. The van der Waals surface area contributed by atoms with E-state index in [9.17, 15) is 4.91 Å². The Bertz CT molecular complexity index is 805. The molecule has 2 aromatic rings. The zero-order valence-corrected chi connectivity index (χ0v) is 15.1. The molecule has 0 aliphatic carbocycles. The Morgan fingerprint density at radius 2 is 2.08 bits per heavy atom. The summed E-state index contributed by atoms with van der Waals surface area (Å²) in [5.41, 5.74) is 2.08. The smallest absolute Gasteiger partial charge is 0.234 e. The number of hydrogen-bond donors (Lipinski definition) is 0. The molecule has 0 bridgehead atoms. The summed E-state index contributed by atoms with van der Waals surface area (Å²) in [5.74, 6) is 0.199. The van der Waals surface area contributed by atoms with E-state index in [2.05, 4.69) is 51.4 Å². The Kier molecular flexibility index (Phi) is 4.82. The Morgan fingerprint density at radius 3 is 2.68 bits per heavy atom. The third-order valence-corrected chi connectivity index (χ3v) is 4.54. The first kappa shape index (κ1) is 17.5. The topological polar surface area (TPSA) is 87.2 Å². The maximum atomic E-state index is 10.7. The van der Waals surface area contributed by atoms with Gasteiger partial charge < -0.3 is 4.57 Å². The van der Waals surface area contributed by atoms with Crippen LogP contribution in [0.5, 0.6) is 0 Å². The normalized spacial score (nSPS) is 16.9. The molecule has 0 spiro atoms. The zero-order valence-electron chi connectivity index (χ0n) is 15.1. The van der Waals surface area contributed by atoms with Crippen LogP contribution in [-0.4, -0.2) is 38.6 Å². The quantitative estimate of drug-likeness (QED) is 0.798. The lowest BCUT2D eigenvalue weighted by molar-refractivity contribution is 0.199. The van der Waals surface area contributed by atoms with Gasteiger partial charge in [-0.05, 0) is 24.3 Å². The van der Waals surface area contributed by atoms with E-state index in [4.69, 9.17) is 5.26 Å². The second-order valence-corrected chi connectivity index (χ2v) is 7.98. The maximum absolute atomic E-state index is 10.7. The van der Waals surface area contributed by atoms with E-state index in [0.29, 0.717) is 0 Å². The number of likely N-dealkylation sites (tertiary alicyclic amines) is 1. The van der Waals surface area contributed by atoms with Crippen molar-refractivity contribution < 1.29 is 0 Å². The first-order chi connectivity index (χ1) is 11.9. The average Bonchev–Trinajstić information content (AvgIpc) is 2.90. The summed E-state index contributed by atoms with van der Waals surface area (Å²) in [6, 6.07) is 4.10. The van der Waals surface area contributed by atoms with Gasteiger partial charge in [0.25, 0.3) is 0 Å². The van der Waals surface area contributed by atoms with Crippen LogP contribution in [0, 0.1) is 21.7 Å². The molecule has 0 saturated carbocycles. The molecule has 2 aromatic heterocycles. The highest BCUT2D eigenvalue weighted by Crippen LogP contribution is 2.26.